The SMILES string of the molecule is c1ccc(-c2cccc(N(c3ccc(-c4ccc5c(c4)-c4cccc6cccc-5c46)cc3)c3ccc4oc5ccncc5c4c3)c2)cc1. The van der Waals surface area contributed by atoms with Crippen molar-refractivity contribution >= 4 is 49.8 Å². The minimum Gasteiger partial charge on any atom is -0.456 e. The van der Waals surface area contributed by atoms with Crippen LogP contribution in [0.5, 0.6) is 0 Å². The van der Waals surface area contributed by atoms with Gasteiger partial charge in [0.15, 0.2) is 0 Å². The van der Waals surface area contributed by atoms with E-state index < -0.39 is 0 Å². The zero-order chi connectivity index (χ0) is 31.6. The van der Waals surface area contributed by atoms with E-state index in [0.717, 1.165) is 39.0 Å². The Kier molecular flexibility index (Phi) is 5.87. The first kappa shape index (κ1) is 26.7. The lowest BCUT2D eigenvalue weighted by Gasteiger charge is -2.26. The molecule has 48 heavy (non-hydrogen) atoms. The number of nitrogens with zero attached hydrogens (tertiary/aromatic N) is 2. The number of anilines is 3. The highest BCUT2D eigenvalue weighted by Crippen LogP contribution is 2.48. The molecule has 10 rings (SSSR count). The smallest absolute Gasteiger partial charge is 0.138 e. The highest BCUT2D eigenvalue weighted by atomic mass is 16.3. The molecule has 2 aromatic heterocycles. The van der Waals surface area contributed by atoms with Crippen molar-refractivity contribution in [2.75, 3.05) is 4.90 Å². The van der Waals surface area contributed by atoms with Gasteiger partial charge in [0.05, 0.1) is 0 Å². The first-order valence-corrected chi connectivity index (χ1v) is 16.3. The third-order valence-electron chi connectivity index (χ3n) is 9.69. The van der Waals surface area contributed by atoms with Crippen LogP contribution in [0.1, 0.15) is 0 Å². The lowest BCUT2D eigenvalue weighted by molar-refractivity contribution is 0.668. The van der Waals surface area contributed by atoms with Gasteiger partial charge in [0.2, 0.25) is 0 Å². The zero-order valence-electron chi connectivity index (χ0n) is 26.0. The van der Waals surface area contributed by atoms with Crippen LogP contribution in [0.4, 0.5) is 17.1 Å². The second-order valence-corrected chi connectivity index (χ2v) is 12.4. The molecule has 0 fully saturated rings. The minimum atomic E-state index is 0.841. The van der Waals surface area contributed by atoms with Gasteiger partial charge in [-0.1, -0.05) is 103 Å². The van der Waals surface area contributed by atoms with Gasteiger partial charge in [-0.15, -0.1) is 0 Å². The number of rotatable bonds is 5. The van der Waals surface area contributed by atoms with E-state index in [9.17, 15) is 0 Å². The van der Waals surface area contributed by atoms with Crippen LogP contribution in [-0.4, -0.2) is 4.98 Å². The molecule has 7 aromatic carbocycles. The van der Waals surface area contributed by atoms with Crippen molar-refractivity contribution in [2.45, 2.75) is 0 Å². The van der Waals surface area contributed by atoms with Gasteiger partial charge in [-0.2, -0.15) is 0 Å². The van der Waals surface area contributed by atoms with Crippen molar-refractivity contribution in [2.24, 2.45) is 0 Å². The molecule has 0 unspecified atom stereocenters. The molecule has 1 aliphatic carbocycles. The molecule has 0 N–H and O–H groups in total. The standard InChI is InChI=1S/C45H28N2O/c1-2-7-29(8-3-1)32-11-4-12-35(25-32)47(36-20-22-43-41(27-36)42-28-46-24-23-44(42)48-43)34-18-15-30(16-19-34)33-17-21-37-38-13-5-9-31-10-6-14-39(45(31)38)40(37)26-33/h1-28H. The Morgan fingerprint density at radius 3 is 1.94 bits per heavy atom. The Morgan fingerprint density at radius 1 is 0.417 bits per heavy atom. The summed E-state index contributed by atoms with van der Waals surface area (Å²) < 4.78 is 6.15. The van der Waals surface area contributed by atoms with Crippen LogP contribution in [0.3, 0.4) is 0 Å². The van der Waals surface area contributed by atoms with Crippen LogP contribution < -0.4 is 4.90 Å². The summed E-state index contributed by atoms with van der Waals surface area (Å²) in [6.07, 6.45) is 3.66. The second kappa shape index (κ2) is 10.5. The molecule has 0 spiro atoms. The predicted molar refractivity (Wildman–Crippen MR) is 199 cm³/mol. The maximum Gasteiger partial charge on any atom is 0.138 e. The summed E-state index contributed by atoms with van der Waals surface area (Å²) in [4.78, 5) is 6.70. The van der Waals surface area contributed by atoms with Crippen molar-refractivity contribution in [1.82, 2.24) is 4.98 Å². The van der Waals surface area contributed by atoms with Crippen LogP contribution in [-0.2, 0) is 0 Å². The van der Waals surface area contributed by atoms with E-state index in [2.05, 4.69) is 162 Å². The Bertz CT molecular complexity index is 2670. The van der Waals surface area contributed by atoms with Crippen LogP contribution in [0.25, 0.3) is 77.2 Å². The molecule has 1 aliphatic rings. The topological polar surface area (TPSA) is 29.3 Å². The molecule has 224 valence electrons. The largest absolute Gasteiger partial charge is 0.456 e. The lowest BCUT2D eigenvalue weighted by Crippen LogP contribution is -2.10. The Hall–Kier alpha value is -6.45. The Morgan fingerprint density at radius 2 is 1.08 bits per heavy atom. The molecule has 3 heteroatoms. The van der Waals surface area contributed by atoms with Gasteiger partial charge in [-0.05, 0) is 110 Å². The molecule has 0 saturated heterocycles. The normalized spacial score (nSPS) is 11.8. The summed E-state index contributed by atoms with van der Waals surface area (Å²) in [6, 6.07) is 56.7. The number of furan rings is 1. The summed E-state index contributed by atoms with van der Waals surface area (Å²) >= 11 is 0. The highest BCUT2D eigenvalue weighted by Gasteiger charge is 2.22. The molecule has 0 radical (unpaired) electrons. The van der Waals surface area contributed by atoms with Gasteiger partial charge in [-0.25, -0.2) is 0 Å². The molecule has 9 aromatic rings. The first-order valence-electron chi connectivity index (χ1n) is 16.3. The molecule has 0 amide bonds. The number of pyridine rings is 1. The Balaban J connectivity index is 1.09. The molecule has 2 heterocycles. The molecular weight excluding hydrogens is 585 g/mol. The quantitative estimate of drug-likeness (QED) is 0.194. The number of hydrogen-bond donors (Lipinski definition) is 0. The molecule has 0 bridgehead atoms. The van der Waals surface area contributed by atoms with E-state index in [1.807, 2.05) is 12.3 Å². The van der Waals surface area contributed by atoms with Gasteiger partial charge in [0.25, 0.3) is 0 Å². The summed E-state index contributed by atoms with van der Waals surface area (Å²) in [7, 11) is 0. The molecule has 0 atom stereocenters. The van der Waals surface area contributed by atoms with E-state index in [1.165, 1.54) is 55.3 Å². The summed E-state index contributed by atoms with van der Waals surface area (Å²) in [5.74, 6) is 0. The molecule has 0 aliphatic heterocycles. The van der Waals surface area contributed by atoms with Crippen LogP contribution in [0, 0.1) is 0 Å². The van der Waals surface area contributed by atoms with Crippen LogP contribution in [0.15, 0.2) is 175 Å². The van der Waals surface area contributed by atoms with Gasteiger partial charge in [-0.3, -0.25) is 4.98 Å². The number of fused-ring (bicyclic) bond motifs is 6. The maximum absolute atomic E-state index is 6.15. The second-order valence-electron chi connectivity index (χ2n) is 12.4. The zero-order valence-corrected chi connectivity index (χ0v) is 26.0. The fourth-order valence-corrected chi connectivity index (χ4v) is 7.42. The maximum atomic E-state index is 6.15. The van der Waals surface area contributed by atoms with Crippen molar-refractivity contribution in [3.63, 3.8) is 0 Å². The lowest BCUT2D eigenvalue weighted by atomic mass is 9.97. The van der Waals surface area contributed by atoms with E-state index in [-0.39, 0.29) is 0 Å². The first-order chi connectivity index (χ1) is 23.8. The minimum absolute atomic E-state index is 0.841. The molecular formula is C45H28N2O. The van der Waals surface area contributed by atoms with Crippen molar-refractivity contribution in [3.8, 4) is 44.5 Å². The van der Waals surface area contributed by atoms with Crippen molar-refractivity contribution in [1.29, 1.82) is 0 Å². The van der Waals surface area contributed by atoms with Gasteiger partial charge in [0, 0.05) is 40.2 Å². The fourth-order valence-electron chi connectivity index (χ4n) is 7.42. The van der Waals surface area contributed by atoms with Crippen LogP contribution >= 0.6 is 0 Å². The summed E-state index contributed by atoms with van der Waals surface area (Å²) in [5.41, 5.74) is 14.9. The number of hydrogen-bond acceptors (Lipinski definition) is 3. The van der Waals surface area contributed by atoms with Crippen LogP contribution in [0.2, 0.25) is 0 Å². The number of benzene rings is 7. The van der Waals surface area contributed by atoms with E-state index >= 15 is 0 Å². The average Bonchev–Trinajstić information content (AvgIpc) is 3.69. The van der Waals surface area contributed by atoms with E-state index in [1.54, 1.807) is 6.20 Å². The van der Waals surface area contributed by atoms with E-state index in [0.29, 0.717) is 0 Å². The third-order valence-corrected chi connectivity index (χ3v) is 9.69. The Labute approximate surface area is 278 Å². The van der Waals surface area contributed by atoms with E-state index in [4.69, 9.17) is 4.42 Å². The van der Waals surface area contributed by atoms with Gasteiger partial charge >= 0.3 is 0 Å². The van der Waals surface area contributed by atoms with Gasteiger partial charge < -0.3 is 9.32 Å². The molecule has 0 saturated carbocycles. The monoisotopic (exact) mass is 612 g/mol. The summed E-state index contributed by atoms with van der Waals surface area (Å²) in [5, 5.41) is 4.71. The predicted octanol–water partition coefficient (Wildman–Crippen LogP) is 12.6. The fraction of sp³-hybridized carbons (Fsp3) is 0. The number of aromatic nitrogens is 1. The third kappa shape index (κ3) is 4.18. The van der Waals surface area contributed by atoms with Crippen molar-refractivity contribution in [3.05, 3.63) is 170 Å². The molecule has 3 nitrogen and oxygen atoms in total. The highest BCUT2D eigenvalue weighted by molar-refractivity contribution is 6.15. The average molecular weight is 613 g/mol. The van der Waals surface area contributed by atoms with Gasteiger partial charge in [0.1, 0.15) is 11.2 Å². The summed E-state index contributed by atoms with van der Waals surface area (Å²) in [6.45, 7) is 0. The van der Waals surface area contributed by atoms with Crippen molar-refractivity contribution < 1.29 is 4.42 Å².